The van der Waals surface area contributed by atoms with Gasteiger partial charge in [-0.2, -0.15) is 0 Å². The molecule has 0 radical (unpaired) electrons. The molecule has 1 rings (SSSR count). The van der Waals surface area contributed by atoms with Crippen molar-refractivity contribution in [1.82, 2.24) is 10.3 Å². The van der Waals surface area contributed by atoms with Gasteiger partial charge in [0.2, 0.25) is 0 Å². The molecule has 0 atom stereocenters. The Hall–Kier alpha value is -1.62. The summed E-state index contributed by atoms with van der Waals surface area (Å²) >= 11 is 0. The minimum Gasteiger partial charge on any atom is -0.465 e. The van der Waals surface area contributed by atoms with Crippen LogP contribution in [0.25, 0.3) is 0 Å². The van der Waals surface area contributed by atoms with Gasteiger partial charge in [0, 0.05) is 13.1 Å². The van der Waals surface area contributed by atoms with Crippen molar-refractivity contribution in [3.63, 3.8) is 0 Å². The number of hydrogen-bond acceptors (Lipinski definition) is 5. The predicted octanol–water partition coefficient (Wildman–Crippen LogP) is 1.20. The molecule has 0 unspecified atom stereocenters. The summed E-state index contributed by atoms with van der Waals surface area (Å²) in [6, 6.07) is 3.51. The molecule has 0 aliphatic heterocycles. The van der Waals surface area contributed by atoms with E-state index in [9.17, 15) is 4.79 Å². The van der Waals surface area contributed by atoms with E-state index in [2.05, 4.69) is 27.3 Å². The Morgan fingerprint density at radius 1 is 1.41 bits per heavy atom. The van der Waals surface area contributed by atoms with E-state index in [1.807, 2.05) is 0 Å². The Bertz CT molecular complexity index is 380. The first-order valence-corrected chi connectivity index (χ1v) is 5.69. The number of aryl methyl sites for hydroxylation is 1. The number of likely N-dealkylation sites (N-methyl/N-ethyl adjacent to an activating group) is 1. The third-order valence-electron chi connectivity index (χ3n) is 2.35. The summed E-state index contributed by atoms with van der Waals surface area (Å²) in [6.07, 6.45) is 0. The first kappa shape index (κ1) is 13.4. The van der Waals surface area contributed by atoms with Gasteiger partial charge in [0.1, 0.15) is 5.82 Å². The van der Waals surface area contributed by atoms with Crippen LogP contribution in [-0.4, -0.2) is 37.7 Å². The van der Waals surface area contributed by atoms with Crippen LogP contribution in [0.5, 0.6) is 0 Å². The van der Waals surface area contributed by atoms with Gasteiger partial charge < -0.3 is 15.4 Å². The van der Waals surface area contributed by atoms with Crippen LogP contribution in [0.1, 0.15) is 23.0 Å². The molecule has 0 bridgehead atoms. The number of nitrogens with one attached hydrogen (secondary N) is 2. The van der Waals surface area contributed by atoms with Gasteiger partial charge >= 0.3 is 5.97 Å². The van der Waals surface area contributed by atoms with Gasteiger partial charge in [-0.3, -0.25) is 0 Å². The summed E-state index contributed by atoms with van der Waals surface area (Å²) in [4.78, 5) is 15.7. The van der Waals surface area contributed by atoms with Crippen molar-refractivity contribution in [2.45, 2.75) is 13.8 Å². The van der Waals surface area contributed by atoms with E-state index in [0.29, 0.717) is 11.3 Å². The van der Waals surface area contributed by atoms with Crippen LogP contribution in [0, 0.1) is 6.92 Å². The molecule has 0 aliphatic carbocycles. The van der Waals surface area contributed by atoms with Crippen LogP contribution in [0.3, 0.4) is 0 Å². The summed E-state index contributed by atoms with van der Waals surface area (Å²) in [5.41, 5.74) is 1.18. The van der Waals surface area contributed by atoms with E-state index in [4.69, 9.17) is 0 Å². The van der Waals surface area contributed by atoms with Gasteiger partial charge in [0.15, 0.2) is 0 Å². The number of aromatic nitrogens is 1. The van der Waals surface area contributed by atoms with Gasteiger partial charge in [0.05, 0.1) is 18.4 Å². The summed E-state index contributed by atoms with van der Waals surface area (Å²) < 4.78 is 4.66. The van der Waals surface area contributed by atoms with Crippen molar-refractivity contribution < 1.29 is 9.53 Å². The van der Waals surface area contributed by atoms with Gasteiger partial charge in [-0.25, -0.2) is 9.78 Å². The molecule has 2 N–H and O–H groups in total. The monoisotopic (exact) mass is 237 g/mol. The third-order valence-corrected chi connectivity index (χ3v) is 2.35. The van der Waals surface area contributed by atoms with Crippen LogP contribution in [0.4, 0.5) is 5.82 Å². The standard InChI is InChI=1S/C12H19N3O2/c1-4-13-7-8-14-11-6-5-10(9(2)15-11)12(16)17-3/h5-6,13H,4,7-8H2,1-3H3,(H,14,15). The van der Waals surface area contributed by atoms with E-state index in [-0.39, 0.29) is 5.97 Å². The molecule has 17 heavy (non-hydrogen) atoms. The molecule has 0 amide bonds. The molecular weight excluding hydrogens is 218 g/mol. The molecular formula is C12H19N3O2. The molecule has 5 heteroatoms. The Morgan fingerprint density at radius 3 is 2.76 bits per heavy atom. The highest BCUT2D eigenvalue weighted by atomic mass is 16.5. The Morgan fingerprint density at radius 2 is 2.18 bits per heavy atom. The van der Waals surface area contributed by atoms with Crippen LogP contribution < -0.4 is 10.6 Å². The minimum atomic E-state index is -0.353. The van der Waals surface area contributed by atoms with Crippen molar-refractivity contribution in [3.05, 3.63) is 23.4 Å². The third kappa shape index (κ3) is 4.03. The van der Waals surface area contributed by atoms with Gasteiger partial charge in [-0.15, -0.1) is 0 Å². The predicted molar refractivity (Wildman–Crippen MR) is 67.3 cm³/mol. The molecule has 0 fully saturated rings. The number of methoxy groups -OCH3 is 1. The zero-order valence-electron chi connectivity index (χ0n) is 10.5. The molecule has 0 aliphatic rings. The molecule has 0 saturated carbocycles. The lowest BCUT2D eigenvalue weighted by Gasteiger charge is -2.08. The molecule has 0 aromatic carbocycles. The molecule has 94 valence electrons. The van der Waals surface area contributed by atoms with Crippen LogP contribution in [-0.2, 0) is 4.74 Å². The maximum Gasteiger partial charge on any atom is 0.339 e. The Labute approximate surface area is 102 Å². The van der Waals surface area contributed by atoms with Crippen molar-refractivity contribution in [1.29, 1.82) is 0 Å². The fourth-order valence-electron chi connectivity index (χ4n) is 1.44. The second-order valence-corrected chi connectivity index (χ2v) is 3.60. The average Bonchev–Trinajstić information content (AvgIpc) is 2.34. The smallest absolute Gasteiger partial charge is 0.339 e. The zero-order chi connectivity index (χ0) is 12.7. The first-order valence-electron chi connectivity index (χ1n) is 5.69. The van der Waals surface area contributed by atoms with Crippen molar-refractivity contribution in [2.24, 2.45) is 0 Å². The number of carbonyl (C=O) groups excluding carboxylic acids is 1. The maximum atomic E-state index is 11.4. The number of esters is 1. The quantitative estimate of drug-likeness (QED) is 0.575. The van der Waals surface area contributed by atoms with Crippen LogP contribution in [0.2, 0.25) is 0 Å². The summed E-state index contributed by atoms with van der Waals surface area (Å²) in [5.74, 6) is 0.419. The fourth-order valence-corrected chi connectivity index (χ4v) is 1.44. The van der Waals surface area contributed by atoms with Crippen LogP contribution >= 0.6 is 0 Å². The van der Waals surface area contributed by atoms with Gasteiger partial charge in [-0.05, 0) is 25.6 Å². The van der Waals surface area contributed by atoms with Crippen molar-refractivity contribution in [2.75, 3.05) is 32.1 Å². The second-order valence-electron chi connectivity index (χ2n) is 3.60. The minimum absolute atomic E-state index is 0.353. The van der Waals surface area contributed by atoms with E-state index in [1.165, 1.54) is 7.11 Å². The molecule has 1 heterocycles. The largest absolute Gasteiger partial charge is 0.465 e. The number of rotatable bonds is 6. The lowest BCUT2D eigenvalue weighted by Crippen LogP contribution is -2.22. The maximum absolute atomic E-state index is 11.4. The van der Waals surface area contributed by atoms with Gasteiger partial charge in [0.25, 0.3) is 0 Å². The number of nitrogens with zero attached hydrogens (tertiary/aromatic N) is 1. The van der Waals surface area contributed by atoms with E-state index >= 15 is 0 Å². The van der Waals surface area contributed by atoms with E-state index in [1.54, 1.807) is 19.1 Å². The fraction of sp³-hybridized carbons (Fsp3) is 0.500. The van der Waals surface area contributed by atoms with Crippen molar-refractivity contribution in [3.8, 4) is 0 Å². The molecule has 5 nitrogen and oxygen atoms in total. The van der Waals surface area contributed by atoms with E-state index < -0.39 is 0 Å². The van der Waals surface area contributed by atoms with Crippen LogP contribution in [0.15, 0.2) is 12.1 Å². The number of ether oxygens (including phenoxy) is 1. The Kier molecular flexibility index (Phi) is 5.42. The number of hydrogen-bond donors (Lipinski definition) is 2. The average molecular weight is 237 g/mol. The number of anilines is 1. The molecule has 1 aromatic rings. The highest BCUT2D eigenvalue weighted by molar-refractivity contribution is 5.90. The van der Waals surface area contributed by atoms with E-state index in [0.717, 1.165) is 25.5 Å². The highest BCUT2D eigenvalue weighted by Gasteiger charge is 2.10. The second kappa shape index (κ2) is 6.85. The molecule has 0 saturated heterocycles. The summed E-state index contributed by atoms with van der Waals surface area (Å²) in [5, 5.41) is 6.39. The van der Waals surface area contributed by atoms with Crippen molar-refractivity contribution >= 4 is 11.8 Å². The lowest BCUT2D eigenvalue weighted by atomic mass is 10.2. The zero-order valence-corrected chi connectivity index (χ0v) is 10.5. The topological polar surface area (TPSA) is 63.2 Å². The normalized spacial score (nSPS) is 10.1. The number of carbonyl (C=O) groups is 1. The Balaban J connectivity index is 2.59. The first-order chi connectivity index (χ1) is 8.19. The lowest BCUT2D eigenvalue weighted by molar-refractivity contribution is 0.0599. The van der Waals surface area contributed by atoms with Gasteiger partial charge in [-0.1, -0.05) is 6.92 Å². The summed E-state index contributed by atoms with van der Waals surface area (Å²) in [7, 11) is 1.37. The molecule has 0 spiro atoms. The number of pyridine rings is 1. The SMILES string of the molecule is CCNCCNc1ccc(C(=O)OC)c(C)n1. The summed E-state index contributed by atoms with van der Waals surface area (Å²) in [6.45, 7) is 6.50. The molecule has 1 aromatic heterocycles. The highest BCUT2D eigenvalue weighted by Crippen LogP contribution is 2.11.